The molecule has 8 heteroatoms. The van der Waals surface area contributed by atoms with Crippen LogP contribution in [-0.2, 0) is 22.4 Å². The number of benzene rings is 1. The standard InChI is InChI=1S/C22H26N4O3S/c1-14-3-8-17-18(12-23)22(30-19(17)11-14)25-21(28)13-26(10-9-20(24)27)15-4-6-16(29-2)7-5-15/h4-7,14H,3,8-11,13H2,1-2H3,(H2,24,27)(H,25,28). The number of carbonyl (C=O) groups is 2. The number of anilines is 2. The second-order valence-electron chi connectivity index (χ2n) is 7.55. The Morgan fingerprint density at radius 3 is 2.73 bits per heavy atom. The summed E-state index contributed by atoms with van der Waals surface area (Å²) >= 11 is 1.50. The largest absolute Gasteiger partial charge is 0.497 e. The van der Waals surface area contributed by atoms with Gasteiger partial charge in [-0.25, -0.2) is 0 Å². The van der Waals surface area contributed by atoms with Crippen LogP contribution in [0.25, 0.3) is 0 Å². The van der Waals surface area contributed by atoms with Crippen LogP contribution in [0.15, 0.2) is 24.3 Å². The van der Waals surface area contributed by atoms with E-state index in [0.717, 1.165) is 30.5 Å². The number of ether oxygens (including phenoxy) is 1. The van der Waals surface area contributed by atoms with Gasteiger partial charge in [0.15, 0.2) is 0 Å². The predicted octanol–water partition coefficient (Wildman–Crippen LogP) is 3.07. The molecule has 1 aromatic heterocycles. The van der Waals surface area contributed by atoms with Crippen molar-refractivity contribution in [2.75, 3.05) is 30.4 Å². The minimum atomic E-state index is -0.430. The number of methoxy groups -OCH3 is 1. The van der Waals surface area contributed by atoms with E-state index < -0.39 is 5.91 Å². The van der Waals surface area contributed by atoms with Crippen LogP contribution >= 0.6 is 11.3 Å². The second-order valence-corrected chi connectivity index (χ2v) is 8.66. The van der Waals surface area contributed by atoms with Crippen molar-refractivity contribution in [1.29, 1.82) is 5.26 Å². The van der Waals surface area contributed by atoms with E-state index in [1.165, 1.54) is 16.2 Å². The maximum atomic E-state index is 12.8. The molecule has 0 spiro atoms. The van der Waals surface area contributed by atoms with Crippen LogP contribution in [0.1, 0.15) is 35.8 Å². The van der Waals surface area contributed by atoms with Gasteiger partial charge in [-0.1, -0.05) is 6.92 Å². The molecule has 1 aliphatic rings. The van der Waals surface area contributed by atoms with E-state index in [2.05, 4.69) is 18.3 Å². The highest BCUT2D eigenvalue weighted by Gasteiger charge is 2.25. The van der Waals surface area contributed by atoms with Gasteiger partial charge in [-0.3, -0.25) is 9.59 Å². The van der Waals surface area contributed by atoms with E-state index in [-0.39, 0.29) is 18.9 Å². The number of carbonyl (C=O) groups excluding carboxylic acids is 2. The summed E-state index contributed by atoms with van der Waals surface area (Å²) in [7, 11) is 1.58. The Morgan fingerprint density at radius 1 is 1.37 bits per heavy atom. The van der Waals surface area contributed by atoms with Crippen molar-refractivity contribution in [3.05, 3.63) is 40.3 Å². The van der Waals surface area contributed by atoms with Gasteiger partial charge >= 0.3 is 0 Å². The molecule has 158 valence electrons. The Kier molecular flexibility index (Phi) is 6.95. The number of rotatable bonds is 8. The van der Waals surface area contributed by atoms with Crippen LogP contribution in [0.3, 0.4) is 0 Å². The molecule has 30 heavy (non-hydrogen) atoms. The highest BCUT2D eigenvalue weighted by molar-refractivity contribution is 7.16. The van der Waals surface area contributed by atoms with Gasteiger partial charge < -0.3 is 20.7 Å². The molecule has 2 aromatic rings. The Labute approximate surface area is 180 Å². The lowest BCUT2D eigenvalue weighted by atomic mass is 9.89. The molecule has 3 N–H and O–H groups in total. The molecule has 2 amide bonds. The third kappa shape index (κ3) is 5.10. The smallest absolute Gasteiger partial charge is 0.244 e. The lowest BCUT2D eigenvalue weighted by Crippen LogP contribution is -2.35. The third-order valence-electron chi connectivity index (χ3n) is 5.28. The highest BCUT2D eigenvalue weighted by atomic mass is 32.1. The Bertz CT molecular complexity index is 962. The molecular weight excluding hydrogens is 400 g/mol. The molecule has 0 radical (unpaired) electrons. The van der Waals surface area contributed by atoms with Crippen molar-refractivity contribution in [2.24, 2.45) is 11.7 Å². The summed E-state index contributed by atoms with van der Waals surface area (Å²) in [6.45, 7) is 2.57. The van der Waals surface area contributed by atoms with Gasteiger partial charge in [0.25, 0.3) is 0 Å². The van der Waals surface area contributed by atoms with Crippen molar-refractivity contribution in [3.8, 4) is 11.8 Å². The first kappa shape index (κ1) is 21.7. The minimum Gasteiger partial charge on any atom is -0.497 e. The maximum Gasteiger partial charge on any atom is 0.244 e. The lowest BCUT2D eigenvalue weighted by Gasteiger charge is -2.24. The highest BCUT2D eigenvalue weighted by Crippen LogP contribution is 2.39. The van der Waals surface area contributed by atoms with Crippen molar-refractivity contribution in [3.63, 3.8) is 0 Å². The Balaban J connectivity index is 1.75. The quantitative estimate of drug-likeness (QED) is 0.674. The number of hydrogen-bond acceptors (Lipinski definition) is 6. The monoisotopic (exact) mass is 426 g/mol. The molecule has 0 aliphatic heterocycles. The molecule has 0 saturated heterocycles. The van der Waals surface area contributed by atoms with Crippen molar-refractivity contribution >= 4 is 33.8 Å². The zero-order valence-corrected chi connectivity index (χ0v) is 18.1. The number of nitrogens with zero attached hydrogens (tertiary/aromatic N) is 2. The summed E-state index contributed by atoms with van der Waals surface area (Å²) in [5.41, 5.74) is 7.75. The maximum absolute atomic E-state index is 12.8. The normalized spacial score (nSPS) is 15.0. The summed E-state index contributed by atoms with van der Waals surface area (Å²) < 4.78 is 5.18. The van der Waals surface area contributed by atoms with Crippen molar-refractivity contribution in [2.45, 2.75) is 32.6 Å². The summed E-state index contributed by atoms with van der Waals surface area (Å²) in [6.07, 6.45) is 3.02. The number of fused-ring (bicyclic) bond motifs is 1. The summed E-state index contributed by atoms with van der Waals surface area (Å²) in [5.74, 6) is 0.625. The summed E-state index contributed by atoms with van der Waals surface area (Å²) in [4.78, 5) is 27.1. The average Bonchev–Trinajstić information content (AvgIpc) is 3.06. The van der Waals surface area contributed by atoms with Gasteiger partial charge in [-0.05, 0) is 55.0 Å². The van der Waals surface area contributed by atoms with Crippen LogP contribution < -0.4 is 20.7 Å². The van der Waals surface area contributed by atoms with Crippen molar-refractivity contribution < 1.29 is 14.3 Å². The van der Waals surface area contributed by atoms with Crippen LogP contribution in [0.5, 0.6) is 5.75 Å². The Hall–Kier alpha value is -3.05. The fourth-order valence-corrected chi connectivity index (χ4v) is 5.01. The fourth-order valence-electron chi connectivity index (χ4n) is 3.63. The van der Waals surface area contributed by atoms with E-state index in [4.69, 9.17) is 10.5 Å². The number of thiophene rings is 1. The van der Waals surface area contributed by atoms with Crippen LogP contribution in [0, 0.1) is 17.2 Å². The van der Waals surface area contributed by atoms with E-state index in [1.54, 1.807) is 24.1 Å². The molecule has 7 nitrogen and oxygen atoms in total. The number of nitrogens with two attached hydrogens (primary N) is 1. The van der Waals surface area contributed by atoms with Crippen LogP contribution in [0.4, 0.5) is 10.7 Å². The SMILES string of the molecule is COc1ccc(N(CCC(N)=O)CC(=O)Nc2sc3c(c2C#N)CCC(C)C3)cc1. The van der Waals surface area contributed by atoms with Crippen molar-refractivity contribution in [1.82, 2.24) is 0 Å². The molecule has 1 aromatic carbocycles. The molecule has 1 heterocycles. The molecule has 0 bridgehead atoms. The predicted molar refractivity (Wildman–Crippen MR) is 118 cm³/mol. The number of nitrogens with one attached hydrogen (secondary N) is 1. The molecule has 1 atom stereocenters. The number of primary amides is 1. The summed E-state index contributed by atoms with van der Waals surface area (Å²) in [5, 5.41) is 13.2. The summed E-state index contributed by atoms with van der Waals surface area (Å²) in [6, 6.07) is 9.53. The third-order valence-corrected chi connectivity index (χ3v) is 6.45. The van der Waals surface area contributed by atoms with Gasteiger partial charge in [0.05, 0.1) is 19.2 Å². The number of hydrogen-bond donors (Lipinski definition) is 2. The molecule has 0 fully saturated rings. The molecule has 1 unspecified atom stereocenters. The molecular formula is C22H26N4O3S. The van der Waals surface area contributed by atoms with E-state index in [1.807, 2.05) is 12.1 Å². The minimum absolute atomic E-state index is 0.0451. The van der Waals surface area contributed by atoms with Crippen LogP contribution in [0.2, 0.25) is 0 Å². The fraction of sp³-hybridized carbons (Fsp3) is 0.409. The lowest BCUT2D eigenvalue weighted by molar-refractivity contribution is -0.118. The first-order valence-corrected chi connectivity index (χ1v) is 10.7. The molecule has 0 saturated carbocycles. The van der Waals surface area contributed by atoms with E-state index >= 15 is 0 Å². The van der Waals surface area contributed by atoms with Crippen LogP contribution in [-0.4, -0.2) is 32.0 Å². The zero-order valence-electron chi connectivity index (χ0n) is 17.2. The topological polar surface area (TPSA) is 108 Å². The van der Waals surface area contributed by atoms with E-state index in [9.17, 15) is 14.9 Å². The first-order chi connectivity index (χ1) is 14.4. The molecule has 1 aliphatic carbocycles. The van der Waals surface area contributed by atoms with Gasteiger partial charge in [-0.2, -0.15) is 5.26 Å². The van der Waals surface area contributed by atoms with Gasteiger partial charge in [0, 0.05) is 23.5 Å². The van der Waals surface area contributed by atoms with Gasteiger partial charge in [0.1, 0.15) is 16.8 Å². The molecule has 3 rings (SSSR count). The second kappa shape index (κ2) is 9.63. The number of nitriles is 1. The van der Waals surface area contributed by atoms with Gasteiger partial charge in [0.2, 0.25) is 11.8 Å². The Morgan fingerprint density at radius 2 is 2.10 bits per heavy atom. The van der Waals surface area contributed by atoms with E-state index in [0.29, 0.717) is 28.8 Å². The zero-order chi connectivity index (χ0) is 21.7. The van der Waals surface area contributed by atoms with Gasteiger partial charge in [-0.15, -0.1) is 11.3 Å². The first-order valence-electron chi connectivity index (χ1n) is 9.93. The average molecular weight is 427 g/mol. The number of amides is 2.